The number of hydrogen-bond acceptors (Lipinski definition) is 2. The highest BCUT2D eigenvalue weighted by Crippen LogP contribution is 2.41. The van der Waals surface area contributed by atoms with E-state index in [0.29, 0.717) is 17.9 Å². The van der Waals surface area contributed by atoms with Gasteiger partial charge in [-0.1, -0.05) is 39.5 Å². The van der Waals surface area contributed by atoms with Gasteiger partial charge in [-0.3, -0.25) is 10.1 Å². The smallest absolute Gasteiger partial charge is 0.244 e. The van der Waals surface area contributed by atoms with Crippen molar-refractivity contribution in [2.45, 2.75) is 96.3 Å². The molecule has 2 aliphatic carbocycles. The zero-order valence-corrected chi connectivity index (χ0v) is 14.0. The molecule has 0 radical (unpaired) electrons. The fourth-order valence-corrected chi connectivity index (χ4v) is 4.93. The predicted octanol–water partition coefficient (Wildman–Crippen LogP) is 3.68. The van der Waals surface area contributed by atoms with Gasteiger partial charge in [0.25, 0.3) is 0 Å². The summed E-state index contributed by atoms with van der Waals surface area (Å²) in [6.45, 7) is 6.84. The van der Waals surface area contributed by atoms with Gasteiger partial charge < -0.3 is 4.90 Å². The van der Waals surface area contributed by atoms with Crippen molar-refractivity contribution in [1.29, 1.82) is 0 Å². The molecule has 0 aromatic carbocycles. The Bertz CT molecular complexity index is 381. The second-order valence-corrected chi connectivity index (χ2v) is 8.08. The van der Waals surface area contributed by atoms with Gasteiger partial charge >= 0.3 is 0 Å². The average molecular weight is 292 g/mol. The molecule has 1 aliphatic heterocycles. The Kier molecular flexibility index (Phi) is 4.31. The SMILES string of the molecule is CC(C)CC1NC2(CCCC2)C(=O)N1C(C)C1CCCC1. The third-order valence-corrected chi connectivity index (χ3v) is 6.10. The maximum absolute atomic E-state index is 13.2. The summed E-state index contributed by atoms with van der Waals surface area (Å²) in [5.41, 5.74) is -0.202. The van der Waals surface area contributed by atoms with E-state index in [9.17, 15) is 4.79 Å². The lowest BCUT2D eigenvalue weighted by Crippen LogP contribution is -2.47. The molecule has 3 fully saturated rings. The van der Waals surface area contributed by atoms with Crippen LogP contribution in [0.2, 0.25) is 0 Å². The Hall–Kier alpha value is -0.570. The zero-order valence-electron chi connectivity index (χ0n) is 14.0. The number of rotatable bonds is 4. The number of nitrogens with zero attached hydrogens (tertiary/aromatic N) is 1. The number of carbonyl (C=O) groups excluding carboxylic acids is 1. The maximum atomic E-state index is 13.2. The van der Waals surface area contributed by atoms with Gasteiger partial charge in [0.2, 0.25) is 5.91 Å². The Morgan fingerprint density at radius 1 is 1.14 bits per heavy atom. The third kappa shape index (κ3) is 2.74. The first-order valence-corrected chi connectivity index (χ1v) is 9.14. The topological polar surface area (TPSA) is 32.3 Å². The Morgan fingerprint density at radius 2 is 1.76 bits per heavy atom. The molecule has 0 aromatic heterocycles. The summed E-state index contributed by atoms with van der Waals surface area (Å²) in [7, 11) is 0. The summed E-state index contributed by atoms with van der Waals surface area (Å²) < 4.78 is 0. The monoisotopic (exact) mass is 292 g/mol. The average Bonchev–Trinajstić information content (AvgIpc) is 3.13. The van der Waals surface area contributed by atoms with Crippen LogP contribution in [0.25, 0.3) is 0 Å². The van der Waals surface area contributed by atoms with E-state index in [4.69, 9.17) is 0 Å². The van der Waals surface area contributed by atoms with Gasteiger partial charge in [-0.15, -0.1) is 0 Å². The maximum Gasteiger partial charge on any atom is 0.244 e. The minimum absolute atomic E-state index is 0.202. The molecule has 1 saturated heterocycles. The molecule has 21 heavy (non-hydrogen) atoms. The van der Waals surface area contributed by atoms with Crippen molar-refractivity contribution in [2.24, 2.45) is 11.8 Å². The van der Waals surface area contributed by atoms with Gasteiger partial charge in [0.1, 0.15) is 0 Å². The van der Waals surface area contributed by atoms with E-state index >= 15 is 0 Å². The standard InChI is InChI=1S/C18H32N2O/c1-13(2)12-16-19-18(10-6-7-11-18)17(21)20(16)14(3)15-8-4-5-9-15/h13-16,19H,4-12H2,1-3H3. The molecule has 2 unspecified atom stereocenters. The highest BCUT2D eigenvalue weighted by Gasteiger charge is 2.54. The summed E-state index contributed by atoms with van der Waals surface area (Å²) in [4.78, 5) is 15.4. The fourth-order valence-electron chi connectivity index (χ4n) is 4.93. The molecular formula is C18H32N2O. The van der Waals surface area contributed by atoms with Gasteiger partial charge in [-0.25, -0.2) is 0 Å². The number of hydrogen-bond donors (Lipinski definition) is 1. The molecule has 3 rings (SSSR count). The Balaban J connectivity index is 1.81. The van der Waals surface area contributed by atoms with E-state index in [1.54, 1.807) is 0 Å². The van der Waals surface area contributed by atoms with Gasteiger partial charge in [-0.2, -0.15) is 0 Å². The predicted molar refractivity (Wildman–Crippen MR) is 85.8 cm³/mol. The summed E-state index contributed by atoms with van der Waals surface area (Å²) >= 11 is 0. The highest BCUT2D eigenvalue weighted by molar-refractivity contribution is 5.89. The van der Waals surface area contributed by atoms with Crippen LogP contribution >= 0.6 is 0 Å². The molecule has 2 saturated carbocycles. The van der Waals surface area contributed by atoms with Crippen molar-refractivity contribution in [3.63, 3.8) is 0 Å². The van der Waals surface area contributed by atoms with Crippen molar-refractivity contribution < 1.29 is 4.79 Å². The van der Waals surface area contributed by atoms with Crippen LogP contribution < -0.4 is 5.32 Å². The van der Waals surface area contributed by atoms with E-state index in [2.05, 4.69) is 31.0 Å². The quantitative estimate of drug-likeness (QED) is 0.857. The Morgan fingerprint density at radius 3 is 2.33 bits per heavy atom. The minimum Gasteiger partial charge on any atom is -0.323 e. The molecule has 3 aliphatic rings. The molecular weight excluding hydrogens is 260 g/mol. The van der Waals surface area contributed by atoms with E-state index in [1.165, 1.54) is 38.5 Å². The van der Waals surface area contributed by atoms with Crippen LogP contribution in [0.4, 0.5) is 0 Å². The largest absolute Gasteiger partial charge is 0.323 e. The third-order valence-electron chi connectivity index (χ3n) is 6.10. The van der Waals surface area contributed by atoms with E-state index in [1.807, 2.05) is 0 Å². The summed E-state index contributed by atoms with van der Waals surface area (Å²) in [6.07, 6.45) is 11.2. The molecule has 1 N–H and O–H groups in total. The first-order valence-electron chi connectivity index (χ1n) is 9.14. The molecule has 3 nitrogen and oxygen atoms in total. The molecule has 3 heteroatoms. The second kappa shape index (κ2) is 5.91. The van der Waals surface area contributed by atoms with Crippen molar-refractivity contribution in [3.05, 3.63) is 0 Å². The van der Waals surface area contributed by atoms with Gasteiger partial charge in [-0.05, 0) is 50.9 Å². The lowest BCUT2D eigenvalue weighted by Gasteiger charge is -2.35. The lowest BCUT2D eigenvalue weighted by molar-refractivity contribution is -0.136. The highest BCUT2D eigenvalue weighted by atomic mass is 16.2. The molecule has 0 aromatic rings. The molecule has 1 spiro atoms. The van der Waals surface area contributed by atoms with Gasteiger partial charge in [0, 0.05) is 6.04 Å². The number of amides is 1. The van der Waals surface area contributed by atoms with Crippen LogP contribution in [-0.4, -0.2) is 28.6 Å². The molecule has 0 bridgehead atoms. The summed E-state index contributed by atoms with van der Waals surface area (Å²) in [5.74, 6) is 1.78. The first-order chi connectivity index (χ1) is 10.0. The van der Waals surface area contributed by atoms with E-state index in [-0.39, 0.29) is 11.7 Å². The molecule has 1 amide bonds. The van der Waals surface area contributed by atoms with Crippen LogP contribution in [0.15, 0.2) is 0 Å². The minimum atomic E-state index is -0.202. The van der Waals surface area contributed by atoms with Gasteiger partial charge in [0.15, 0.2) is 0 Å². The van der Waals surface area contributed by atoms with E-state index < -0.39 is 0 Å². The van der Waals surface area contributed by atoms with Crippen LogP contribution in [0.5, 0.6) is 0 Å². The van der Waals surface area contributed by atoms with Crippen molar-refractivity contribution in [2.75, 3.05) is 0 Å². The van der Waals surface area contributed by atoms with Crippen LogP contribution in [0.3, 0.4) is 0 Å². The van der Waals surface area contributed by atoms with E-state index in [0.717, 1.165) is 25.2 Å². The fraction of sp³-hybridized carbons (Fsp3) is 0.944. The lowest BCUT2D eigenvalue weighted by atomic mass is 9.94. The second-order valence-electron chi connectivity index (χ2n) is 8.08. The normalized spacial score (nSPS) is 31.0. The van der Waals surface area contributed by atoms with Crippen molar-refractivity contribution >= 4 is 5.91 Å². The molecule has 1 heterocycles. The van der Waals surface area contributed by atoms with Crippen molar-refractivity contribution in [3.8, 4) is 0 Å². The van der Waals surface area contributed by atoms with Gasteiger partial charge in [0.05, 0.1) is 11.7 Å². The van der Waals surface area contributed by atoms with Crippen molar-refractivity contribution in [1.82, 2.24) is 10.2 Å². The number of nitrogens with one attached hydrogen (secondary N) is 1. The molecule has 2 atom stereocenters. The summed E-state index contributed by atoms with van der Waals surface area (Å²) in [5, 5.41) is 3.78. The van der Waals surface area contributed by atoms with Crippen LogP contribution in [-0.2, 0) is 4.79 Å². The Labute approximate surface area is 129 Å². The zero-order chi connectivity index (χ0) is 15.0. The first kappa shape index (κ1) is 15.3. The summed E-state index contributed by atoms with van der Waals surface area (Å²) in [6, 6.07) is 0.413. The number of carbonyl (C=O) groups is 1. The van der Waals surface area contributed by atoms with Crippen LogP contribution in [0.1, 0.15) is 78.6 Å². The molecule has 120 valence electrons. The van der Waals surface area contributed by atoms with Crippen LogP contribution in [0, 0.1) is 11.8 Å².